The molecule has 1 saturated heterocycles. The van der Waals surface area contributed by atoms with Crippen LogP contribution in [-0.2, 0) is 9.84 Å². The lowest BCUT2D eigenvalue weighted by Crippen LogP contribution is -2.06. The molecule has 1 aliphatic heterocycles. The van der Waals surface area contributed by atoms with Crippen molar-refractivity contribution in [2.45, 2.75) is 30.7 Å². The summed E-state index contributed by atoms with van der Waals surface area (Å²) >= 11 is 3.17. The third kappa shape index (κ3) is 2.33. The van der Waals surface area contributed by atoms with E-state index in [1.54, 1.807) is 11.3 Å². The van der Waals surface area contributed by atoms with Crippen LogP contribution in [0.4, 0.5) is 0 Å². The van der Waals surface area contributed by atoms with E-state index in [1.807, 2.05) is 0 Å². The van der Waals surface area contributed by atoms with Gasteiger partial charge in [-0.25, -0.2) is 8.42 Å². The van der Waals surface area contributed by atoms with Crippen LogP contribution in [0.15, 0.2) is 17.3 Å². The summed E-state index contributed by atoms with van der Waals surface area (Å²) in [5.41, 5.74) is 3.56. The molecule has 0 spiro atoms. The van der Waals surface area contributed by atoms with Crippen molar-refractivity contribution in [3.05, 3.63) is 23.3 Å². The second-order valence-corrected chi connectivity index (χ2v) is 10.2. The molecule has 0 N–H and O–H groups in total. The average molecular weight is 353 g/mol. The Morgan fingerprint density at radius 3 is 2.86 bits per heavy atom. The maximum atomic E-state index is 11.6. The summed E-state index contributed by atoms with van der Waals surface area (Å²) in [7, 11) is -2.87. The zero-order valence-electron chi connectivity index (χ0n) is 12.2. The lowest BCUT2D eigenvalue weighted by Gasteiger charge is -2.05. The van der Waals surface area contributed by atoms with Crippen molar-refractivity contribution in [1.29, 1.82) is 0 Å². The number of aromatic nitrogens is 3. The number of rotatable bonds is 2. The minimum absolute atomic E-state index is 0.0817. The number of hydrogen-bond donors (Lipinski definition) is 0. The van der Waals surface area contributed by atoms with Crippen LogP contribution in [0.5, 0.6) is 0 Å². The van der Waals surface area contributed by atoms with E-state index in [1.165, 1.54) is 27.6 Å². The molecule has 1 atom stereocenters. The SMILES string of the molecule is Cc1cc(C)c2sc3nnc(SC4CCS(=O)(=O)C4)n3c2c1. The van der Waals surface area contributed by atoms with Gasteiger partial charge in [0, 0.05) is 5.25 Å². The molecular weight excluding hydrogens is 338 g/mol. The van der Waals surface area contributed by atoms with Gasteiger partial charge in [-0.15, -0.1) is 10.2 Å². The van der Waals surface area contributed by atoms with Crippen LogP contribution < -0.4 is 0 Å². The van der Waals surface area contributed by atoms with Crippen molar-refractivity contribution in [1.82, 2.24) is 14.6 Å². The monoisotopic (exact) mass is 353 g/mol. The first-order valence-corrected chi connectivity index (χ1v) is 10.6. The number of nitrogens with zero attached hydrogens (tertiary/aromatic N) is 3. The first kappa shape index (κ1) is 14.5. The Balaban J connectivity index is 1.82. The van der Waals surface area contributed by atoms with Gasteiger partial charge in [-0.2, -0.15) is 0 Å². The highest BCUT2D eigenvalue weighted by atomic mass is 32.2. The maximum absolute atomic E-state index is 11.6. The van der Waals surface area contributed by atoms with Crippen LogP contribution in [0.1, 0.15) is 17.5 Å². The van der Waals surface area contributed by atoms with Gasteiger partial charge in [0.2, 0.25) is 4.96 Å². The van der Waals surface area contributed by atoms with Gasteiger partial charge in [0.1, 0.15) is 0 Å². The molecule has 3 heterocycles. The Morgan fingerprint density at radius 2 is 2.14 bits per heavy atom. The highest BCUT2D eigenvalue weighted by Gasteiger charge is 2.30. The molecule has 22 heavy (non-hydrogen) atoms. The predicted molar refractivity (Wildman–Crippen MR) is 90.8 cm³/mol. The molecule has 1 fully saturated rings. The number of thiazole rings is 1. The van der Waals surface area contributed by atoms with Gasteiger partial charge >= 0.3 is 0 Å². The van der Waals surface area contributed by atoms with Crippen molar-refractivity contribution in [3.63, 3.8) is 0 Å². The molecule has 1 aromatic carbocycles. The first-order valence-electron chi connectivity index (χ1n) is 7.05. The third-order valence-electron chi connectivity index (χ3n) is 3.90. The Labute approximate surface area is 136 Å². The molecule has 0 aliphatic carbocycles. The lowest BCUT2D eigenvalue weighted by atomic mass is 10.1. The van der Waals surface area contributed by atoms with E-state index in [-0.39, 0.29) is 16.8 Å². The normalized spacial score (nSPS) is 21.1. The number of aryl methyl sites for hydroxylation is 2. The Morgan fingerprint density at radius 1 is 1.32 bits per heavy atom. The number of thioether (sulfide) groups is 1. The van der Waals surface area contributed by atoms with Crippen molar-refractivity contribution < 1.29 is 8.42 Å². The standard InChI is InChI=1S/C14H15N3O2S3/c1-8-5-9(2)12-11(6-8)17-13(15-16-14(17)21-12)20-10-3-4-22(18,19)7-10/h5-6,10H,3-4,7H2,1-2H3. The molecule has 2 aromatic heterocycles. The van der Waals surface area contributed by atoms with E-state index in [4.69, 9.17) is 0 Å². The largest absolute Gasteiger partial charge is 0.260 e. The van der Waals surface area contributed by atoms with E-state index >= 15 is 0 Å². The fourth-order valence-corrected chi connectivity index (χ4v) is 7.50. The van der Waals surface area contributed by atoms with Crippen LogP contribution in [-0.4, -0.2) is 39.8 Å². The van der Waals surface area contributed by atoms with Gasteiger partial charge in [-0.05, 0) is 37.5 Å². The lowest BCUT2D eigenvalue weighted by molar-refractivity contribution is 0.602. The molecule has 5 nitrogen and oxygen atoms in total. The van der Waals surface area contributed by atoms with Crippen LogP contribution >= 0.6 is 23.1 Å². The molecule has 0 bridgehead atoms. The number of benzene rings is 1. The maximum Gasteiger partial charge on any atom is 0.217 e. The second-order valence-electron chi connectivity index (χ2n) is 5.78. The van der Waals surface area contributed by atoms with Gasteiger partial charge in [0.15, 0.2) is 15.0 Å². The zero-order valence-corrected chi connectivity index (χ0v) is 14.7. The van der Waals surface area contributed by atoms with Gasteiger partial charge in [0.05, 0.1) is 21.7 Å². The third-order valence-corrected chi connectivity index (χ3v) is 8.27. The number of fused-ring (bicyclic) bond motifs is 3. The van der Waals surface area contributed by atoms with E-state index in [0.717, 1.165) is 15.6 Å². The molecule has 1 unspecified atom stereocenters. The highest BCUT2D eigenvalue weighted by molar-refractivity contribution is 8.01. The minimum Gasteiger partial charge on any atom is -0.260 e. The van der Waals surface area contributed by atoms with Gasteiger partial charge < -0.3 is 0 Å². The smallest absolute Gasteiger partial charge is 0.217 e. The van der Waals surface area contributed by atoms with Gasteiger partial charge in [-0.3, -0.25) is 4.40 Å². The summed E-state index contributed by atoms with van der Waals surface area (Å²) in [6.07, 6.45) is 0.696. The molecule has 8 heteroatoms. The fourth-order valence-electron chi connectivity index (χ4n) is 2.93. The molecule has 1 aliphatic rings. The first-order chi connectivity index (χ1) is 10.4. The average Bonchev–Trinajstić information content (AvgIpc) is 3.06. The molecule has 0 radical (unpaired) electrons. The summed E-state index contributed by atoms with van der Waals surface area (Å²) < 4.78 is 26.5. The molecule has 0 amide bonds. The number of sulfone groups is 1. The van der Waals surface area contributed by atoms with Crippen molar-refractivity contribution in [2.75, 3.05) is 11.5 Å². The van der Waals surface area contributed by atoms with Crippen molar-refractivity contribution in [2.24, 2.45) is 0 Å². The van der Waals surface area contributed by atoms with Crippen LogP contribution in [0.25, 0.3) is 15.2 Å². The van der Waals surface area contributed by atoms with E-state index in [0.29, 0.717) is 6.42 Å². The molecule has 4 rings (SSSR count). The van der Waals surface area contributed by atoms with E-state index in [2.05, 4.69) is 40.6 Å². The van der Waals surface area contributed by atoms with Crippen LogP contribution in [0.3, 0.4) is 0 Å². The Kier molecular flexibility index (Phi) is 3.25. The van der Waals surface area contributed by atoms with Crippen molar-refractivity contribution in [3.8, 4) is 0 Å². The Hall–Kier alpha value is -1.12. The highest BCUT2D eigenvalue weighted by Crippen LogP contribution is 2.35. The topological polar surface area (TPSA) is 64.3 Å². The fraction of sp³-hybridized carbons (Fsp3) is 0.429. The molecule has 3 aromatic rings. The second kappa shape index (κ2) is 4.94. The zero-order chi connectivity index (χ0) is 15.5. The summed E-state index contributed by atoms with van der Waals surface area (Å²) in [4.78, 5) is 0.868. The Bertz CT molecular complexity index is 988. The van der Waals surface area contributed by atoms with Crippen LogP contribution in [0.2, 0.25) is 0 Å². The summed E-state index contributed by atoms with van der Waals surface area (Å²) in [6, 6.07) is 4.31. The van der Waals surface area contributed by atoms with Crippen LogP contribution in [0, 0.1) is 13.8 Å². The molecule has 116 valence electrons. The van der Waals surface area contributed by atoms with Crippen molar-refractivity contribution >= 4 is 48.1 Å². The summed E-state index contributed by atoms with van der Waals surface area (Å²) in [5, 5.41) is 9.41. The van der Waals surface area contributed by atoms with Gasteiger partial charge in [-0.1, -0.05) is 29.2 Å². The summed E-state index contributed by atoms with van der Waals surface area (Å²) in [6.45, 7) is 4.19. The van der Waals surface area contributed by atoms with Gasteiger partial charge in [0.25, 0.3) is 0 Å². The number of hydrogen-bond acceptors (Lipinski definition) is 6. The minimum atomic E-state index is -2.87. The predicted octanol–water partition coefficient (Wildman–Crippen LogP) is 2.84. The van der Waals surface area contributed by atoms with E-state index < -0.39 is 9.84 Å². The molecular formula is C14H15N3O2S3. The molecule has 0 saturated carbocycles. The summed E-state index contributed by atoms with van der Waals surface area (Å²) in [5.74, 6) is 0.530. The quantitative estimate of drug-likeness (QED) is 0.709. The van der Waals surface area contributed by atoms with E-state index in [9.17, 15) is 8.42 Å².